The Balaban J connectivity index is 1.94. The topological polar surface area (TPSA) is 55.1 Å². The van der Waals surface area contributed by atoms with Crippen LogP contribution in [0.4, 0.5) is 11.4 Å². The monoisotopic (exact) mass is 326 g/mol. The van der Waals surface area contributed by atoms with Crippen molar-refractivity contribution >= 4 is 52.2 Å². The van der Waals surface area contributed by atoms with Crippen LogP contribution in [0.25, 0.3) is 0 Å². The lowest BCUT2D eigenvalue weighted by molar-refractivity contribution is -0.113. The molecule has 0 saturated heterocycles. The fourth-order valence-electron chi connectivity index (χ4n) is 1.54. The predicted molar refractivity (Wildman–Crippen MR) is 86.7 cm³/mol. The molecule has 6 heteroatoms. The lowest BCUT2D eigenvalue weighted by atomic mass is 10.3. The van der Waals surface area contributed by atoms with Crippen LogP contribution in [0.15, 0.2) is 47.4 Å². The predicted octanol–water partition coefficient (Wildman–Crippen LogP) is 4.31. The summed E-state index contributed by atoms with van der Waals surface area (Å²) in [5.41, 5.74) is 6.86. The maximum absolute atomic E-state index is 11.9. The van der Waals surface area contributed by atoms with Crippen LogP contribution in [0.3, 0.4) is 0 Å². The Labute approximate surface area is 131 Å². The number of rotatable bonds is 4. The van der Waals surface area contributed by atoms with Crippen molar-refractivity contribution in [3.05, 3.63) is 52.5 Å². The normalized spacial score (nSPS) is 10.3. The second kappa shape index (κ2) is 6.88. The summed E-state index contributed by atoms with van der Waals surface area (Å²) in [6, 6.07) is 12.5. The third-order valence-electron chi connectivity index (χ3n) is 2.45. The number of nitrogen functional groups attached to an aromatic ring is 1. The Morgan fingerprint density at radius 3 is 2.70 bits per heavy atom. The van der Waals surface area contributed by atoms with E-state index >= 15 is 0 Å². The molecule has 3 nitrogen and oxygen atoms in total. The van der Waals surface area contributed by atoms with Gasteiger partial charge < -0.3 is 11.1 Å². The first-order chi connectivity index (χ1) is 9.56. The second-order valence-corrected chi connectivity index (χ2v) is 5.84. The van der Waals surface area contributed by atoms with Gasteiger partial charge in [0.1, 0.15) is 0 Å². The van der Waals surface area contributed by atoms with Crippen molar-refractivity contribution in [1.29, 1.82) is 0 Å². The molecule has 104 valence electrons. The third kappa shape index (κ3) is 4.07. The number of nitrogens with one attached hydrogen (secondary N) is 1. The molecule has 0 fully saturated rings. The summed E-state index contributed by atoms with van der Waals surface area (Å²) >= 11 is 13.3. The summed E-state index contributed by atoms with van der Waals surface area (Å²) in [6.07, 6.45) is 0. The van der Waals surface area contributed by atoms with Gasteiger partial charge in [0.2, 0.25) is 5.91 Å². The van der Waals surface area contributed by atoms with Gasteiger partial charge in [-0.2, -0.15) is 0 Å². The van der Waals surface area contributed by atoms with Crippen LogP contribution < -0.4 is 11.1 Å². The van der Waals surface area contributed by atoms with E-state index in [4.69, 9.17) is 28.9 Å². The van der Waals surface area contributed by atoms with Crippen molar-refractivity contribution < 1.29 is 4.79 Å². The van der Waals surface area contributed by atoms with E-state index in [0.717, 1.165) is 4.90 Å². The van der Waals surface area contributed by atoms with Gasteiger partial charge >= 0.3 is 0 Å². The van der Waals surface area contributed by atoms with E-state index in [0.29, 0.717) is 21.4 Å². The highest BCUT2D eigenvalue weighted by Gasteiger charge is 2.08. The summed E-state index contributed by atoms with van der Waals surface area (Å²) in [7, 11) is 0. The van der Waals surface area contributed by atoms with Gasteiger partial charge in [-0.15, -0.1) is 11.8 Å². The number of nitrogens with two attached hydrogens (primary N) is 1. The minimum absolute atomic E-state index is 0.151. The maximum atomic E-state index is 11.9. The minimum Gasteiger partial charge on any atom is -0.399 e. The van der Waals surface area contributed by atoms with Crippen LogP contribution in [-0.2, 0) is 4.79 Å². The molecule has 1 amide bonds. The lowest BCUT2D eigenvalue weighted by Gasteiger charge is -2.08. The standard InChI is InChI=1S/C14H12Cl2N2OS/c15-11-5-2-6-12(14(11)16)18-13(19)8-20-10-4-1-3-9(17)7-10/h1-7H,8,17H2,(H,18,19). The largest absolute Gasteiger partial charge is 0.399 e. The Morgan fingerprint density at radius 1 is 1.20 bits per heavy atom. The average molecular weight is 327 g/mol. The molecular formula is C14H12Cl2N2OS. The van der Waals surface area contributed by atoms with Gasteiger partial charge in [-0.05, 0) is 30.3 Å². The zero-order valence-corrected chi connectivity index (χ0v) is 12.7. The van der Waals surface area contributed by atoms with Crippen molar-refractivity contribution in [1.82, 2.24) is 0 Å². The molecule has 0 unspecified atom stereocenters. The van der Waals surface area contributed by atoms with Crippen LogP contribution in [0.2, 0.25) is 10.0 Å². The van der Waals surface area contributed by atoms with Gasteiger partial charge in [-0.1, -0.05) is 35.3 Å². The molecule has 0 aliphatic carbocycles. The van der Waals surface area contributed by atoms with E-state index in [-0.39, 0.29) is 11.7 Å². The molecule has 0 spiro atoms. The highest BCUT2D eigenvalue weighted by Crippen LogP contribution is 2.29. The zero-order valence-electron chi connectivity index (χ0n) is 10.4. The van der Waals surface area contributed by atoms with Gasteiger partial charge in [-0.25, -0.2) is 0 Å². The number of carbonyl (C=O) groups excluding carboxylic acids is 1. The molecule has 20 heavy (non-hydrogen) atoms. The zero-order chi connectivity index (χ0) is 14.5. The van der Waals surface area contributed by atoms with Crippen molar-refractivity contribution in [2.45, 2.75) is 4.90 Å². The van der Waals surface area contributed by atoms with Crippen LogP contribution in [0, 0.1) is 0 Å². The maximum Gasteiger partial charge on any atom is 0.234 e. The molecule has 2 rings (SSSR count). The Bertz CT molecular complexity index is 634. The summed E-state index contributed by atoms with van der Waals surface area (Å²) in [5.74, 6) is 0.119. The first kappa shape index (κ1) is 15.0. The van der Waals surface area contributed by atoms with Crippen molar-refractivity contribution in [3.63, 3.8) is 0 Å². The summed E-state index contributed by atoms with van der Waals surface area (Å²) in [4.78, 5) is 12.8. The van der Waals surface area contributed by atoms with Crippen molar-refractivity contribution in [2.75, 3.05) is 16.8 Å². The number of benzene rings is 2. The number of carbonyl (C=O) groups is 1. The van der Waals surface area contributed by atoms with Crippen molar-refractivity contribution in [2.24, 2.45) is 0 Å². The quantitative estimate of drug-likeness (QED) is 0.650. The molecule has 0 atom stereocenters. The average Bonchev–Trinajstić information content (AvgIpc) is 2.42. The SMILES string of the molecule is Nc1cccc(SCC(=O)Nc2cccc(Cl)c2Cl)c1. The van der Waals surface area contributed by atoms with E-state index in [1.54, 1.807) is 24.3 Å². The van der Waals surface area contributed by atoms with Gasteiger partial charge in [0.15, 0.2) is 0 Å². The second-order valence-electron chi connectivity index (χ2n) is 4.01. The summed E-state index contributed by atoms with van der Waals surface area (Å²) < 4.78 is 0. The Morgan fingerprint density at radius 2 is 1.95 bits per heavy atom. The first-order valence-corrected chi connectivity index (χ1v) is 7.52. The van der Waals surface area contributed by atoms with E-state index in [2.05, 4.69) is 5.32 Å². The number of thioether (sulfide) groups is 1. The summed E-state index contributed by atoms with van der Waals surface area (Å²) in [5, 5.41) is 3.48. The molecule has 0 heterocycles. The van der Waals surface area contributed by atoms with Gasteiger partial charge in [-0.3, -0.25) is 4.79 Å². The Kier molecular flexibility index (Phi) is 5.17. The molecule has 3 N–H and O–H groups in total. The third-order valence-corrected chi connectivity index (χ3v) is 4.27. The van der Waals surface area contributed by atoms with E-state index < -0.39 is 0 Å². The molecule has 0 aliphatic heterocycles. The first-order valence-electron chi connectivity index (χ1n) is 5.78. The highest BCUT2D eigenvalue weighted by atomic mass is 35.5. The fraction of sp³-hybridized carbons (Fsp3) is 0.0714. The molecule has 0 saturated carbocycles. The number of halogens is 2. The smallest absolute Gasteiger partial charge is 0.234 e. The molecule has 0 bridgehead atoms. The number of amides is 1. The van der Waals surface area contributed by atoms with Crippen LogP contribution in [0.1, 0.15) is 0 Å². The van der Waals surface area contributed by atoms with Gasteiger partial charge in [0.05, 0.1) is 21.5 Å². The molecule has 0 radical (unpaired) electrons. The minimum atomic E-state index is -0.151. The van der Waals surface area contributed by atoms with Crippen LogP contribution in [-0.4, -0.2) is 11.7 Å². The molecule has 2 aromatic rings. The van der Waals surface area contributed by atoms with Crippen molar-refractivity contribution in [3.8, 4) is 0 Å². The van der Waals surface area contributed by atoms with Gasteiger partial charge in [0.25, 0.3) is 0 Å². The Hall–Kier alpha value is -1.36. The number of anilines is 2. The molecular weight excluding hydrogens is 315 g/mol. The molecule has 0 aromatic heterocycles. The summed E-state index contributed by atoms with van der Waals surface area (Å²) in [6.45, 7) is 0. The van der Waals surface area contributed by atoms with E-state index in [9.17, 15) is 4.79 Å². The van der Waals surface area contributed by atoms with Gasteiger partial charge in [0, 0.05) is 10.6 Å². The number of hydrogen-bond donors (Lipinski definition) is 2. The lowest BCUT2D eigenvalue weighted by Crippen LogP contribution is -2.14. The molecule has 0 aliphatic rings. The number of hydrogen-bond acceptors (Lipinski definition) is 3. The van der Waals surface area contributed by atoms with Crippen LogP contribution in [0.5, 0.6) is 0 Å². The van der Waals surface area contributed by atoms with E-state index in [1.807, 2.05) is 18.2 Å². The fourth-order valence-corrected chi connectivity index (χ4v) is 2.65. The molecule has 2 aromatic carbocycles. The van der Waals surface area contributed by atoms with E-state index in [1.165, 1.54) is 11.8 Å². The van der Waals surface area contributed by atoms with Crippen LogP contribution >= 0.6 is 35.0 Å². The highest BCUT2D eigenvalue weighted by molar-refractivity contribution is 8.00.